The lowest BCUT2D eigenvalue weighted by atomic mass is 10.2. The highest BCUT2D eigenvalue weighted by Crippen LogP contribution is 2.37. The van der Waals surface area contributed by atoms with Gasteiger partial charge in [0.2, 0.25) is 0 Å². The third-order valence-electron chi connectivity index (χ3n) is 1.28. The van der Waals surface area contributed by atoms with Crippen molar-refractivity contribution in [2.24, 2.45) is 5.11 Å². The van der Waals surface area contributed by atoms with Crippen LogP contribution < -0.4 is 0 Å². The molecule has 0 atom stereocenters. The molecule has 0 saturated heterocycles. The molecule has 0 unspecified atom stereocenters. The van der Waals surface area contributed by atoms with Crippen LogP contribution in [0.4, 0.5) is 5.69 Å². The molecule has 0 spiro atoms. The predicted octanol–water partition coefficient (Wildman–Crippen LogP) is 3.86. The molecule has 0 amide bonds. The highest BCUT2D eigenvalue weighted by molar-refractivity contribution is 6.44. The lowest BCUT2D eigenvalue weighted by Gasteiger charge is -2.02. The standard InChI is InChI=1S/C6Cl3N5/c7-3-4(13-14-11)2(1-10)5(8)12-6(3)9. The second-order valence-corrected chi connectivity index (χ2v) is 3.13. The molecule has 0 aliphatic heterocycles. The van der Waals surface area contributed by atoms with Gasteiger partial charge in [-0.05, 0) is 5.53 Å². The molecule has 0 aliphatic carbocycles. The minimum absolute atomic E-state index is 0.0922. The molecular weight excluding hydrogens is 248 g/mol. The van der Waals surface area contributed by atoms with Gasteiger partial charge in [-0.15, -0.1) is 0 Å². The summed E-state index contributed by atoms with van der Waals surface area (Å²) >= 11 is 16.8. The smallest absolute Gasteiger partial charge is 0.149 e. The Morgan fingerprint density at radius 1 is 1.36 bits per heavy atom. The van der Waals surface area contributed by atoms with Gasteiger partial charge in [-0.1, -0.05) is 39.9 Å². The maximum atomic E-state index is 8.68. The second-order valence-electron chi connectivity index (χ2n) is 2.03. The van der Waals surface area contributed by atoms with E-state index in [1.807, 2.05) is 0 Å². The van der Waals surface area contributed by atoms with E-state index in [1.165, 1.54) is 0 Å². The summed E-state index contributed by atoms with van der Waals surface area (Å²) in [7, 11) is 0. The molecule has 0 aromatic carbocycles. The Hall–Kier alpha value is -1.18. The number of halogens is 3. The number of hydrogen-bond acceptors (Lipinski definition) is 3. The summed E-state index contributed by atoms with van der Waals surface area (Å²) < 4.78 is 0. The van der Waals surface area contributed by atoms with E-state index in [9.17, 15) is 0 Å². The quantitative estimate of drug-likeness (QED) is 0.327. The summed E-state index contributed by atoms with van der Waals surface area (Å²) in [5.41, 5.74) is 8.02. The van der Waals surface area contributed by atoms with Crippen molar-refractivity contribution >= 4 is 40.5 Å². The van der Waals surface area contributed by atoms with E-state index in [0.717, 1.165) is 0 Å². The number of rotatable bonds is 1. The van der Waals surface area contributed by atoms with Crippen LogP contribution in [0.1, 0.15) is 5.56 Å². The molecular formula is C6Cl3N5. The highest BCUT2D eigenvalue weighted by Gasteiger charge is 2.15. The first kappa shape index (κ1) is 10.9. The molecule has 1 aromatic heterocycles. The van der Waals surface area contributed by atoms with E-state index in [1.54, 1.807) is 6.07 Å². The summed E-state index contributed by atoms with van der Waals surface area (Å²) in [5, 5.41) is 11.5. The molecule has 0 radical (unpaired) electrons. The van der Waals surface area contributed by atoms with Crippen LogP contribution in [-0.2, 0) is 0 Å². The predicted molar refractivity (Wildman–Crippen MR) is 52.8 cm³/mol. The molecule has 1 rings (SSSR count). The Bertz CT molecular complexity index is 471. The lowest BCUT2D eigenvalue weighted by Crippen LogP contribution is -1.86. The average molecular weight is 248 g/mol. The number of azide groups is 1. The van der Waals surface area contributed by atoms with Crippen LogP contribution >= 0.6 is 34.8 Å². The monoisotopic (exact) mass is 247 g/mol. The van der Waals surface area contributed by atoms with Crippen molar-refractivity contribution in [1.29, 1.82) is 5.26 Å². The topological polar surface area (TPSA) is 85.4 Å². The average Bonchev–Trinajstić information content (AvgIpc) is 2.14. The number of nitriles is 1. The van der Waals surface area contributed by atoms with Gasteiger partial charge in [0, 0.05) is 4.91 Å². The fourth-order valence-electron chi connectivity index (χ4n) is 0.734. The first-order valence-corrected chi connectivity index (χ1v) is 4.25. The van der Waals surface area contributed by atoms with E-state index >= 15 is 0 Å². The summed E-state index contributed by atoms with van der Waals surface area (Å²) in [6.45, 7) is 0. The first-order valence-electron chi connectivity index (χ1n) is 3.11. The Labute approximate surface area is 93.5 Å². The zero-order valence-corrected chi connectivity index (χ0v) is 8.64. The summed E-state index contributed by atoms with van der Waals surface area (Å²) in [6.07, 6.45) is 0. The van der Waals surface area contributed by atoms with Crippen molar-refractivity contribution in [3.8, 4) is 6.07 Å². The normalized spacial score (nSPS) is 9.00. The van der Waals surface area contributed by atoms with Gasteiger partial charge in [-0.25, -0.2) is 4.98 Å². The molecule has 70 valence electrons. The Balaban J connectivity index is 3.66. The molecule has 0 saturated carbocycles. The summed E-state index contributed by atoms with van der Waals surface area (Å²) in [6, 6.07) is 1.71. The van der Waals surface area contributed by atoms with Crippen LogP contribution in [0.15, 0.2) is 5.11 Å². The van der Waals surface area contributed by atoms with Gasteiger partial charge < -0.3 is 0 Å². The number of hydrogen-bond donors (Lipinski definition) is 0. The molecule has 14 heavy (non-hydrogen) atoms. The van der Waals surface area contributed by atoms with Gasteiger partial charge in [0.15, 0.2) is 0 Å². The zero-order valence-electron chi connectivity index (χ0n) is 6.37. The van der Waals surface area contributed by atoms with E-state index in [-0.39, 0.29) is 26.6 Å². The second kappa shape index (κ2) is 4.36. The van der Waals surface area contributed by atoms with Gasteiger partial charge in [0.05, 0.1) is 10.7 Å². The fraction of sp³-hybridized carbons (Fsp3) is 0. The van der Waals surface area contributed by atoms with Gasteiger partial charge in [-0.3, -0.25) is 0 Å². The molecule has 5 nitrogen and oxygen atoms in total. The Kier molecular flexibility index (Phi) is 3.39. The number of aromatic nitrogens is 1. The lowest BCUT2D eigenvalue weighted by molar-refractivity contribution is 1.28. The molecule has 0 N–H and O–H groups in total. The highest BCUT2D eigenvalue weighted by atomic mass is 35.5. The van der Waals surface area contributed by atoms with Crippen molar-refractivity contribution in [3.63, 3.8) is 0 Å². The van der Waals surface area contributed by atoms with Gasteiger partial charge in [0.25, 0.3) is 0 Å². The van der Waals surface area contributed by atoms with Gasteiger partial charge >= 0.3 is 0 Å². The molecule has 8 heteroatoms. The van der Waals surface area contributed by atoms with Crippen LogP contribution in [0.5, 0.6) is 0 Å². The van der Waals surface area contributed by atoms with E-state index < -0.39 is 0 Å². The van der Waals surface area contributed by atoms with Crippen molar-refractivity contribution in [1.82, 2.24) is 4.98 Å². The largest absolute Gasteiger partial charge is 0.221 e. The fourth-order valence-corrected chi connectivity index (χ4v) is 1.34. The SMILES string of the molecule is N#Cc1c(Cl)nc(Cl)c(Cl)c1N=[N+]=[N-]. The van der Waals surface area contributed by atoms with Crippen LogP contribution in [0.3, 0.4) is 0 Å². The molecule has 0 bridgehead atoms. The molecule has 1 aromatic rings. The number of nitrogens with zero attached hydrogens (tertiary/aromatic N) is 5. The van der Waals surface area contributed by atoms with Crippen molar-refractivity contribution in [3.05, 3.63) is 31.3 Å². The third-order valence-corrected chi connectivity index (χ3v) is 2.29. The van der Waals surface area contributed by atoms with Crippen LogP contribution in [-0.4, -0.2) is 4.98 Å². The van der Waals surface area contributed by atoms with Crippen LogP contribution in [0.25, 0.3) is 10.4 Å². The van der Waals surface area contributed by atoms with Crippen LogP contribution in [0.2, 0.25) is 15.3 Å². The Morgan fingerprint density at radius 3 is 2.50 bits per heavy atom. The molecule has 1 heterocycles. The van der Waals surface area contributed by atoms with E-state index in [2.05, 4.69) is 15.0 Å². The van der Waals surface area contributed by atoms with Gasteiger partial charge in [0.1, 0.15) is 21.9 Å². The summed E-state index contributed by atoms with van der Waals surface area (Å²) in [5.74, 6) is 0. The van der Waals surface area contributed by atoms with Gasteiger partial charge in [-0.2, -0.15) is 5.26 Å². The maximum absolute atomic E-state index is 8.68. The third kappa shape index (κ3) is 1.84. The Morgan fingerprint density at radius 2 is 2.00 bits per heavy atom. The van der Waals surface area contributed by atoms with Crippen LogP contribution in [0, 0.1) is 11.3 Å². The van der Waals surface area contributed by atoms with Crippen molar-refractivity contribution in [2.75, 3.05) is 0 Å². The van der Waals surface area contributed by atoms with Crippen molar-refractivity contribution < 1.29 is 0 Å². The zero-order chi connectivity index (χ0) is 10.7. The summed E-state index contributed by atoms with van der Waals surface area (Å²) in [4.78, 5) is 6.08. The van der Waals surface area contributed by atoms with Crippen molar-refractivity contribution in [2.45, 2.75) is 0 Å². The number of pyridine rings is 1. The molecule has 0 fully saturated rings. The van der Waals surface area contributed by atoms with E-state index in [0.29, 0.717) is 0 Å². The first-order chi connectivity index (χ1) is 6.61. The molecule has 0 aliphatic rings. The maximum Gasteiger partial charge on any atom is 0.149 e. The van der Waals surface area contributed by atoms with E-state index in [4.69, 9.17) is 45.6 Å². The minimum Gasteiger partial charge on any atom is -0.221 e. The minimum atomic E-state index is -0.149.